The largest absolute Gasteiger partial charge is 0.381 e. The molecular weight excluding hydrogens is 358 g/mol. The average molecular weight is 385 g/mol. The average Bonchev–Trinajstić information content (AvgIpc) is 3.32. The number of amides is 4. The lowest BCUT2D eigenvalue weighted by molar-refractivity contribution is -0.133. The van der Waals surface area contributed by atoms with Gasteiger partial charge in [-0.25, -0.2) is 4.79 Å². The number of urea groups is 1. The van der Waals surface area contributed by atoms with Crippen LogP contribution in [0.5, 0.6) is 0 Å². The molecule has 3 saturated heterocycles. The second-order valence-electron chi connectivity index (χ2n) is 7.88. The van der Waals surface area contributed by atoms with Gasteiger partial charge in [-0.2, -0.15) is 0 Å². The number of rotatable bonds is 5. The van der Waals surface area contributed by atoms with E-state index in [0.29, 0.717) is 39.0 Å². The van der Waals surface area contributed by atoms with Crippen LogP contribution in [0, 0.1) is 5.92 Å². The van der Waals surface area contributed by atoms with Crippen LogP contribution in [-0.4, -0.2) is 66.0 Å². The fourth-order valence-electron chi connectivity index (χ4n) is 4.44. The summed E-state index contributed by atoms with van der Waals surface area (Å²) < 4.78 is 5.48. The van der Waals surface area contributed by atoms with Gasteiger partial charge in [0, 0.05) is 32.0 Å². The highest BCUT2D eigenvalue weighted by molar-refractivity contribution is 6.04. The van der Waals surface area contributed by atoms with Crippen LogP contribution in [0.4, 0.5) is 4.79 Å². The Morgan fingerprint density at radius 1 is 1.18 bits per heavy atom. The van der Waals surface area contributed by atoms with Gasteiger partial charge < -0.3 is 15.0 Å². The zero-order valence-corrected chi connectivity index (χ0v) is 16.0. The first-order valence-electron chi connectivity index (χ1n) is 10.2. The Morgan fingerprint density at radius 3 is 2.75 bits per heavy atom. The number of nitrogens with one attached hydrogen (secondary N) is 1. The van der Waals surface area contributed by atoms with E-state index in [1.165, 1.54) is 4.90 Å². The predicted octanol–water partition coefficient (Wildman–Crippen LogP) is 1.57. The van der Waals surface area contributed by atoms with Gasteiger partial charge in [0.25, 0.3) is 5.91 Å². The minimum Gasteiger partial charge on any atom is -0.381 e. The Hall–Kier alpha value is -2.41. The molecule has 1 aromatic rings. The van der Waals surface area contributed by atoms with E-state index in [-0.39, 0.29) is 29.8 Å². The first kappa shape index (κ1) is 18.9. The molecule has 28 heavy (non-hydrogen) atoms. The van der Waals surface area contributed by atoms with E-state index in [4.69, 9.17) is 4.74 Å². The summed E-state index contributed by atoms with van der Waals surface area (Å²) in [4.78, 5) is 41.0. The van der Waals surface area contributed by atoms with E-state index >= 15 is 0 Å². The lowest BCUT2D eigenvalue weighted by Crippen LogP contribution is -2.44. The van der Waals surface area contributed by atoms with Gasteiger partial charge in [0.15, 0.2) is 0 Å². The van der Waals surface area contributed by atoms with Crippen molar-refractivity contribution in [1.29, 1.82) is 0 Å². The number of carbonyl (C=O) groups is 3. The lowest BCUT2D eigenvalue weighted by atomic mass is 9.93. The van der Waals surface area contributed by atoms with Crippen LogP contribution in [0.1, 0.15) is 31.2 Å². The zero-order chi connectivity index (χ0) is 19.5. The molecule has 3 aliphatic heterocycles. The highest BCUT2D eigenvalue weighted by Crippen LogP contribution is 2.26. The van der Waals surface area contributed by atoms with Gasteiger partial charge in [-0.1, -0.05) is 30.3 Å². The van der Waals surface area contributed by atoms with Crippen molar-refractivity contribution in [3.05, 3.63) is 35.9 Å². The normalized spacial score (nSPS) is 27.9. The van der Waals surface area contributed by atoms with Crippen LogP contribution in [0.3, 0.4) is 0 Å². The molecule has 3 heterocycles. The first-order valence-corrected chi connectivity index (χ1v) is 10.2. The van der Waals surface area contributed by atoms with Gasteiger partial charge in [0.1, 0.15) is 6.04 Å². The van der Waals surface area contributed by atoms with E-state index in [1.807, 2.05) is 30.3 Å². The predicted molar refractivity (Wildman–Crippen MR) is 102 cm³/mol. The third-order valence-electron chi connectivity index (χ3n) is 6.02. The minimum absolute atomic E-state index is 0.0419. The standard InChI is InChI=1S/C21H27N3O4/c25-18(9-8-15-5-2-1-3-6-15)23-11-10-17(13-23)24-20(26)19(22-21(24)27)16-7-4-12-28-14-16/h1-3,5-6,16-17,19H,4,7-14H2,(H,22,27). The van der Waals surface area contributed by atoms with Crippen molar-refractivity contribution in [1.82, 2.24) is 15.1 Å². The van der Waals surface area contributed by atoms with Gasteiger partial charge in [-0.05, 0) is 31.2 Å². The Bertz CT molecular complexity index is 732. The molecule has 3 atom stereocenters. The fourth-order valence-corrected chi connectivity index (χ4v) is 4.44. The third-order valence-corrected chi connectivity index (χ3v) is 6.02. The van der Waals surface area contributed by atoms with E-state index < -0.39 is 6.04 Å². The van der Waals surface area contributed by atoms with Gasteiger partial charge in [-0.3, -0.25) is 14.5 Å². The number of hydrogen-bond donors (Lipinski definition) is 1. The molecular formula is C21H27N3O4. The second kappa shape index (κ2) is 8.31. The van der Waals surface area contributed by atoms with Crippen molar-refractivity contribution in [2.75, 3.05) is 26.3 Å². The van der Waals surface area contributed by atoms with Crippen LogP contribution in [0.15, 0.2) is 30.3 Å². The summed E-state index contributed by atoms with van der Waals surface area (Å²) in [5, 5.41) is 2.85. The van der Waals surface area contributed by atoms with Crippen LogP contribution >= 0.6 is 0 Å². The second-order valence-corrected chi connectivity index (χ2v) is 7.88. The molecule has 4 amide bonds. The Morgan fingerprint density at radius 2 is 2.00 bits per heavy atom. The van der Waals surface area contributed by atoms with Crippen molar-refractivity contribution in [3.63, 3.8) is 0 Å². The minimum atomic E-state index is -0.490. The number of ether oxygens (including phenoxy) is 1. The fraction of sp³-hybridized carbons (Fsp3) is 0.571. The summed E-state index contributed by atoms with van der Waals surface area (Å²) in [5.74, 6) is -0.0417. The molecule has 4 rings (SSSR count). The molecule has 3 unspecified atom stereocenters. The SMILES string of the molecule is O=C(CCc1ccccc1)N1CCC(N2C(=O)NC(C3CCCOC3)C2=O)C1. The summed E-state index contributed by atoms with van der Waals surface area (Å²) in [7, 11) is 0. The molecule has 3 fully saturated rings. The van der Waals surface area contributed by atoms with Gasteiger partial charge >= 0.3 is 6.03 Å². The Kier molecular flexibility index (Phi) is 5.62. The van der Waals surface area contributed by atoms with Crippen molar-refractivity contribution < 1.29 is 19.1 Å². The van der Waals surface area contributed by atoms with Crippen molar-refractivity contribution in [3.8, 4) is 0 Å². The molecule has 0 aliphatic carbocycles. The number of carbonyl (C=O) groups excluding carboxylic acids is 3. The molecule has 0 saturated carbocycles. The summed E-state index contributed by atoms with van der Waals surface area (Å²) in [5.41, 5.74) is 1.14. The highest BCUT2D eigenvalue weighted by Gasteiger charge is 2.47. The number of nitrogens with zero attached hydrogens (tertiary/aromatic N) is 2. The summed E-state index contributed by atoms with van der Waals surface area (Å²) in [6.07, 6.45) is 3.59. The van der Waals surface area contributed by atoms with Crippen LogP contribution in [0.2, 0.25) is 0 Å². The maximum Gasteiger partial charge on any atom is 0.325 e. The van der Waals surface area contributed by atoms with E-state index in [1.54, 1.807) is 4.90 Å². The van der Waals surface area contributed by atoms with Gasteiger partial charge in [-0.15, -0.1) is 0 Å². The summed E-state index contributed by atoms with van der Waals surface area (Å²) >= 11 is 0. The maximum atomic E-state index is 12.9. The number of aryl methyl sites for hydroxylation is 1. The summed E-state index contributed by atoms with van der Waals surface area (Å²) in [6.45, 7) is 2.25. The molecule has 3 aliphatic rings. The van der Waals surface area contributed by atoms with Crippen LogP contribution in [0.25, 0.3) is 0 Å². The van der Waals surface area contributed by atoms with Crippen molar-refractivity contribution in [2.24, 2.45) is 5.92 Å². The van der Waals surface area contributed by atoms with Crippen LogP contribution < -0.4 is 5.32 Å². The van der Waals surface area contributed by atoms with Crippen molar-refractivity contribution >= 4 is 17.8 Å². The van der Waals surface area contributed by atoms with E-state index in [0.717, 1.165) is 25.0 Å². The number of likely N-dealkylation sites (tertiary alicyclic amines) is 1. The topological polar surface area (TPSA) is 79.0 Å². The molecule has 7 nitrogen and oxygen atoms in total. The monoisotopic (exact) mass is 385 g/mol. The maximum absolute atomic E-state index is 12.9. The molecule has 1 N–H and O–H groups in total. The Labute approximate surface area is 165 Å². The quantitative estimate of drug-likeness (QED) is 0.781. The molecule has 0 spiro atoms. The number of imide groups is 1. The smallest absolute Gasteiger partial charge is 0.325 e. The number of benzene rings is 1. The Balaban J connectivity index is 1.32. The van der Waals surface area contributed by atoms with Gasteiger partial charge in [0.2, 0.25) is 5.91 Å². The third kappa shape index (κ3) is 3.90. The molecule has 0 aromatic heterocycles. The molecule has 0 bridgehead atoms. The van der Waals surface area contributed by atoms with E-state index in [2.05, 4.69) is 5.32 Å². The molecule has 0 radical (unpaired) electrons. The molecule has 150 valence electrons. The zero-order valence-electron chi connectivity index (χ0n) is 16.0. The molecule has 1 aromatic carbocycles. The first-order chi connectivity index (χ1) is 13.6. The van der Waals surface area contributed by atoms with Crippen molar-refractivity contribution in [2.45, 2.75) is 44.2 Å². The highest BCUT2D eigenvalue weighted by atomic mass is 16.5. The summed E-state index contributed by atoms with van der Waals surface area (Å²) in [6, 6.07) is 8.88. The number of hydrogen-bond acceptors (Lipinski definition) is 4. The van der Waals surface area contributed by atoms with Crippen LogP contribution in [-0.2, 0) is 20.7 Å². The van der Waals surface area contributed by atoms with Gasteiger partial charge in [0.05, 0.1) is 12.6 Å². The molecule has 7 heteroatoms. The lowest BCUT2D eigenvalue weighted by Gasteiger charge is -2.26. The van der Waals surface area contributed by atoms with E-state index in [9.17, 15) is 14.4 Å².